The van der Waals surface area contributed by atoms with Gasteiger partial charge in [-0.05, 0) is 37.3 Å². The van der Waals surface area contributed by atoms with Crippen LogP contribution in [0.5, 0.6) is 0 Å². The van der Waals surface area contributed by atoms with E-state index < -0.39 is 0 Å². The number of thiophene rings is 1. The van der Waals surface area contributed by atoms with Gasteiger partial charge in [-0.1, -0.05) is 6.42 Å². The van der Waals surface area contributed by atoms with Gasteiger partial charge in [-0.3, -0.25) is 10.3 Å². The first kappa shape index (κ1) is 13.2. The van der Waals surface area contributed by atoms with Gasteiger partial charge >= 0.3 is 0 Å². The molecule has 21 heavy (non-hydrogen) atoms. The zero-order valence-electron chi connectivity index (χ0n) is 11.9. The highest BCUT2D eigenvalue weighted by Gasteiger charge is 2.35. The van der Waals surface area contributed by atoms with Crippen LogP contribution in [0.3, 0.4) is 0 Å². The van der Waals surface area contributed by atoms with Crippen molar-refractivity contribution >= 4 is 33.3 Å². The van der Waals surface area contributed by atoms with Crippen molar-refractivity contribution in [2.24, 2.45) is 5.84 Å². The molecule has 6 nitrogen and oxygen atoms in total. The van der Waals surface area contributed by atoms with Crippen LogP contribution >= 0.6 is 11.3 Å². The van der Waals surface area contributed by atoms with E-state index in [-0.39, 0.29) is 0 Å². The van der Waals surface area contributed by atoms with Gasteiger partial charge in [0.25, 0.3) is 0 Å². The van der Waals surface area contributed by atoms with Crippen LogP contribution in [0.4, 0.5) is 11.8 Å². The number of rotatable bonds is 3. The molecular weight excluding hydrogens is 284 g/mol. The van der Waals surface area contributed by atoms with Gasteiger partial charge < -0.3 is 5.32 Å². The predicted molar refractivity (Wildman–Crippen MR) is 86.5 cm³/mol. The Morgan fingerprint density at radius 3 is 3.10 bits per heavy atom. The fourth-order valence-electron chi connectivity index (χ4n) is 3.62. The molecule has 112 valence electrons. The zero-order valence-corrected chi connectivity index (χ0v) is 12.7. The Morgan fingerprint density at radius 2 is 2.19 bits per heavy atom. The van der Waals surface area contributed by atoms with Crippen LogP contribution in [0.2, 0.25) is 0 Å². The van der Waals surface area contributed by atoms with E-state index >= 15 is 0 Å². The Kier molecular flexibility index (Phi) is 3.40. The van der Waals surface area contributed by atoms with E-state index in [0.29, 0.717) is 18.0 Å². The van der Waals surface area contributed by atoms with Crippen molar-refractivity contribution in [3.05, 3.63) is 11.4 Å². The number of nitrogens with two attached hydrogens (primary N) is 1. The zero-order chi connectivity index (χ0) is 14.2. The van der Waals surface area contributed by atoms with E-state index in [2.05, 4.69) is 31.7 Å². The summed E-state index contributed by atoms with van der Waals surface area (Å²) in [6, 6.07) is 3.21. The summed E-state index contributed by atoms with van der Waals surface area (Å²) in [6.45, 7) is 2.44. The maximum absolute atomic E-state index is 5.49. The lowest BCUT2D eigenvalue weighted by atomic mass is 9.99. The topological polar surface area (TPSA) is 79.1 Å². The molecule has 2 aromatic heterocycles. The van der Waals surface area contributed by atoms with Crippen molar-refractivity contribution < 1.29 is 0 Å². The predicted octanol–water partition coefficient (Wildman–Crippen LogP) is 2.02. The SMILES string of the molecule is NNc1nc(NC2CCN3CCCCC23)c2ccsc2n1. The van der Waals surface area contributed by atoms with Gasteiger partial charge in [0, 0.05) is 18.6 Å². The lowest BCUT2D eigenvalue weighted by molar-refractivity contribution is 0.192. The van der Waals surface area contributed by atoms with E-state index in [9.17, 15) is 0 Å². The number of anilines is 2. The van der Waals surface area contributed by atoms with Gasteiger partial charge in [-0.15, -0.1) is 11.3 Å². The van der Waals surface area contributed by atoms with Gasteiger partial charge in [0.2, 0.25) is 5.95 Å². The number of hydrogen-bond donors (Lipinski definition) is 3. The van der Waals surface area contributed by atoms with Gasteiger partial charge in [0.15, 0.2) is 0 Å². The normalized spacial score (nSPS) is 26.0. The average molecular weight is 304 g/mol. The summed E-state index contributed by atoms with van der Waals surface area (Å²) in [6.07, 6.45) is 5.16. The Bertz CT molecular complexity index is 641. The van der Waals surface area contributed by atoms with Crippen molar-refractivity contribution in [3.8, 4) is 0 Å². The largest absolute Gasteiger partial charge is 0.365 e. The second kappa shape index (κ2) is 5.40. The van der Waals surface area contributed by atoms with Gasteiger partial charge in [-0.25, -0.2) is 10.8 Å². The second-order valence-corrected chi connectivity index (χ2v) is 6.71. The van der Waals surface area contributed by atoms with E-state index in [1.807, 2.05) is 5.38 Å². The maximum atomic E-state index is 5.49. The summed E-state index contributed by atoms with van der Waals surface area (Å²) in [4.78, 5) is 12.5. The third-order valence-corrected chi connectivity index (χ3v) is 5.44. The molecule has 2 unspecified atom stereocenters. The first-order valence-electron chi connectivity index (χ1n) is 7.57. The molecule has 4 N–H and O–H groups in total. The minimum atomic E-state index is 0.478. The number of hydrazine groups is 1. The number of nitrogen functional groups attached to an aromatic ring is 1. The van der Waals surface area contributed by atoms with Crippen LogP contribution in [-0.2, 0) is 0 Å². The molecule has 0 saturated carbocycles. The number of nitrogens with zero attached hydrogens (tertiary/aromatic N) is 3. The van der Waals surface area contributed by atoms with Crippen LogP contribution in [0.15, 0.2) is 11.4 Å². The van der Waals surface area contributed by atoms with Gasteiger partial charge in [0.05, 0.1) is 5.39 Å². The minimum Gasteiger partial charge on any atom is -0.365 e. The maximum Gasteiger partial charge on any atom is 0.240 e. The van der Waals surface area contributed by atoms with E-state index in [1.54, 1.807) is 11.3 Å². The lowest BCUT2D eigenvalue weighted by Crippen LogP contribution is -2.41. The standard InChI is InChI=1S/C14H20N6S/c15-19-14-17-12(9-5-8-21-13(9)18-14)16-10-4-7-20-6-2-1-3-11(10)20/h5,8,10-11H,1-4,6-7,15H2,(H2,16,17,18,19). The summed E-state index contributed by atoms with van der Waals surface area (Å²) in [5.74, 6) is 6.87. The van der Waals surface area contributed by atoms with Crippen molar-refractivity contribution in [1.29, 1.82) is 0 Å². The van der Waals surface area contributed by atoms with Crippen molar-refractivity contribution in [1.82, 2.24) is 14.9 Å². The fraction of sp³-hybridized carbons (Fsp3) is 0.571. The smallest absolute Gasteiger partial charge is 0.240 e. The van der Waals surface area contributed by atoms with Crippen LogP contribution in [0, 0.1) is 0 Å². The molecular formula is C14H20N6S. The summed E-state index contributed by atoms with van der Waals surface area (Å²) in [5.41, 5.74) is 2.56. The third kappa shape index (κ3) is 2.35. The Hall–Kier alpha value is -1.44. The van der Waals surface area contributed by atoms with E-state index in [1.165, 1.54) is 38.8 Å². The lowest BCUT2D eigenvalue weighted by Gasteiger charge is -2.32. The first-order chi connectivity index (χ1) is 10.3. The van der Waals surface area contributed by atoms with E-state index in [4.69, 9.17) is 5.84 Å². The molecule has 2 aliphatic heterocycles. The molecule has 0 spiro atoms. The number of hydrogen-bond acceptors (Lipinski definition) is 7. The van der Waals surface area contributed by atoms with Gasteiger partial charge in [-0.2, -0.15) is 4.98 Å². The summed E-state index contributed by atoms with van der Waals surface area (Å²) in [5, 5.41) is 6.80. The van der Waals surface area contributed by atoms with Crippen LogP contribution in [-0.4, -0.2) is 40.0 Å². The first-order valence-corrected chi connectivity index (χ1v) is 8.45. The van der Waals surface area contributed by atoms with Crippen LogP contribution in [0.25, 0.3) is 10.2 Å². The summed E-state index contributed by atoms with van der Waals surface area (Å²) < 4.78 is 0. The number of aromatic nitrogens is 2. The molecule has 0 amide bonds. The molecule has 4 heterocycles. The molecule has 0 aliphatic carbocycles. The number of piperidine rings is 1. The highest BCUT2D eigenvalue weighted by Crippen LogP contribution is 2.32. The molecule has 4 rings (SSSR count). The molecule has 0 aromatic carbocycles. The molecule has 0 bridgehead atoms. The number of fused-ring (bicyclic) bond motifs is 2. The fourth-order valence-corrected chi connectivity index (χ4v) is 4.39. The molecule has 7 heteroatoms. The molecule has 0 radical (unpaired) electrons. The summed E-state index contributed by atoms with van der Waals surface area (Å²) >= 11 is 1.61. The second-order valence-electron chi connectivity index (χ2n) is 5.82. The monoisotopic (exact) mass is 304 g/mol. The molecule has 2 atom stereocenters. The van der Waals surface area contributed by atoms with E-state index in [0.717, 1.165) is 16.0 Å². The Balaban J connectivity index is 1.63. The molecule has 2 aliphatic rings. The Labute approximate surface area is 127 Å². The molecule has 2 saturated heterocycles. The average Bonchev–Trinajstić information content (AvgIpc) is 3.14. The molecule has 2 aromatic rings. The van der Waals surface area contributed by atoms with Crippen molar-refractivity contribution in [2.45, 2.75) is 37.8 Å². The van der Waals surface area contributed by atoms with Gasteiger partial charge in [0.1, 0.15) is 10.6 Å². The van der Waals surface area contributed by atoms with Crippen LogP contribution < -0.4 is 16.6 Å². The summed E-state index contributed by atoms with van der Waals surface area (Å²) in [7, 11) is 0. The van der Waals surface area contributed by atoms with Crippen LogP contribution in [0.1, 0.15) is 25.7 Å². The van der Waals surface area contributed by atoms with Crippen molar-refractivity contribution in [3.63, 3.8) is 0 Å². The molecule has 2 fully saturated rings. The highest BCUT2D eigenvalue weighted by atomic mass is 32.1. The highest BCUT2D eigenvalue weighted by molar-refractivity contribution is 7.16. The minimum absolute atomic E-state index is 0.478. The Morgan fingerprint density at radius 1 is 1.24 bits per heavy atom. The quantitative estimate of drug-likeness (QED) is 0.595. The number of nitrogens with one attached hydrogen (secondary N) is 2. The third-order valence-electron chi connectivity index (χ3n) is 4.63. The van der Waals surface area contributed by atoms with Crippen molar-refractivity contribution in [2.75, 3.05) is 23.8 Å².